The van der Waals surface area contributed by atoms with Crippen molar-refractivity contribution >= 4 is 0 Å². The fraction of sp³-hybridized carbons (Fsp3) is 0.100. The number of hydrogen-bond donors (Lipinski definition) is 0. The molecule has 1 nitrogen and oxygen atoms in total. The van der Waals surface area contributed by atoms with E-state index in [0.717, 1.165) is 11.5 Å². The first kappa shape index (κ1) is 12.2. The Hall–Kier alpha value is -2.54. The molecule has 1 heterocycles. The van der Waals surface area contributed by atoms with Crippen molar-refractivity contribution in [3.05, 3.63) is 95.1 Å². The zero-order chi connectivity index (χ0) is 14.2. The number of ether oxygens (including phenoxy) is 1. The Bertz CT molecular complexity index is 790. The Balaban J connectivity index is 1.98. The molecule has 0 bridgehead atoms. The smallest absolute Gasteiger partial charge is 0.131 e. The lowest BCUT2D eigenvalue weighted by molar-refractivity contribution is 0.452. The molecule has 3 aromatic rings. The van der Waals surface area contributed by atoms with Crippen molar-refractivity contribution < 1.29 is 4.74 Å². The van der Waals surface area contributed by atoms with Crippen LogP contribution in [0.25, 0.3) is 0 Å². The quantitative estimate of drug-likeness (QED) is 0.458. The number of fused-ring (bicyclic) bond motifs is 2. The van der Waals surface area contributed by atoms with Crippen LogP contribution in [-0.2, 0) is 0 Å². The minimum atomic E-state index is 0.242. The summed E-state index contributed by atoms with van der Waals surface area (Å²) in [5, 5.41) is 0. The average Bonchev–Trinajstić information content (AvgIpc) is 2.53. The van der Waals surface area contributed by atoms with Crippen molar-refractivity contribution in [2.24, 2.45) is 0 Å². The second-order valence-corrected chi connectivity index (χ2v) is 5.52. The number of rotatable bonds is 1. The summed E-state index contributed by atoms with van der Waals surface area (Å²) >= 11 is 0. The van der Waals surface area contributed by atoms with Gasteiger partial charge in [-0.2, -0.15) is 0 Å². The van der Waals surface area contributed by atoms with Gasteiger partial charge in [0.05, 0.1) is 0 Å². The molecule has 0 aliphatic carbocycles. The van der Waals surface area contributed by atoms with Gasteiger partial charge in [0, 0.05) is 17.0 Å². The summed E-state index contributed by atoms with van der Waals surface area (Å²) in [6.45, 7) is 2.13. The van der Waals surface area contributed by atoms with Crippen LogP contribution >= 0.6 is 0 Å². The molecule has 0 amide bonds. The molecule has 3 aromatic carbocycles. The number of hydrogen-bond acceptors (Lipinski definition) is 1. The van der Waals surface area contributed by atoms with E-state index in [9.17, 15) is 0 Å². The normalized spacial score (nSPS) is 15.8. The van der Waals surface area contributed by atoms with Crippen molar-refractivity contribution in [3.8, 4) is 11.5 Å². The maximum absolute atomic E-state index is 6.08. The Morgan fingerprint density at radius 1 is 0.714 bits per heavy atom. The predicted molar refractivity (Wildman–Crippen MR) is 85.1 cm³/mol. The van der Waals surface area contributed by atoms with Crippen molar-refractivity contribution in [2.45, 2.75) is 12.8 Å². The minimum Gasteiger partial charge on any atom is -0.457 e. The maximum atomic E-state index is 6.08. The van der Waals surface area contributed by atoms with Crippen molar-refractivity contribution in [2.75, 3.05) is 0 Å². The van der Waals surface area contributed by atoms with Gasteiger partial charge in [0.25, 0.3) is 0 Å². The van der Waals surface area contributed by atoms with E-state index in [-0.39, 0.29) is 5.92 Å². The van der Waals surface area contributed by atoms with Crippen LogP contribution in [0, 0.1) is 6.92 Å². The number of benzene rings is 3. The Morgan fingerprint density at radius 3 is 2.29 bits per heavy atom. The van der Waals surface area contributed by atoms with Crippen LogP contribution in [-0.4, -0.2) is 0 Å². The second-order valence-electron chi connectivity index (χ2n) is 5.52. The lowest BCUT2D eigenvalue weighted by Crippen LogP contribution is -2.11. The largest absolute Gasteiger partial charge is 0.457 e. The molecule has 4 rings (SSSR count). The zero-order valence-corrected chi connectivity index (χ0v) is 11.9. The first-order valence-corrected chi connectivity index (χ1v) is 7.25. The molecule has 0 saturated heterocycles. The van der Waals surface area contributed by atoms with E-state index in [1.807, 2.05) is 12.1 Å². The average molecular weight is 272 g/mol. The topological polar surface area (TPSA) is 9.23 Å². The van der Waals surface area contributed by atoms with Gasteiger partial charge in [0.1, 0.15) is 11.5 Å². The fourth-order valence-corrected chi connectivity index (χ4v) is 3.09. The first-order chi connectivity index (χ1) is 10.3. The first-order valence-electron chi connectivity index (χ1n) is 7.25. The Labute approximate surface area is 124 Å². The molecule has 0 aromatic heterocycles. The second kappa shape index (κ2) is 4.78. The van der Waals surface area contributed by atoms with Crippen LogP contribution in [0.4, 0.5) is 0 Å². The summed E-state index contributed by atoms with van der Waals surface area (Å²) in [6, 6.07) is 25.4. The third kappa shape index (κ3) is 2.02. The Kier molecular flexibility index (Phi) is 2.78. The summed E-state index contributed by atoms with van der Waals surface area (Å²) in [5.41, 5.74) is 5.06. The summed E-state index contributed by atoms with van der Waals surface area (Å²) in [5.74, 6) is 2.17. The lowest BCUT2D eigenvalue weighted by atomic mass is 9.82. The van der Waals surface area contributed by atoms with Crippen molar-refractivity contribution in [1.82, 2.24) is 0 Å². The van der Waals surface area contributed by atoms with Crippen LogP contribution < -0.4 is 4.74 Å². The predicted octanol–water partition coefficient (Wildman–Crippen LogP) is 5.28. The fourth-order valence-electron chi connectivity index (χ4n) is 3.09. The number of aryl methyl sites for hydroxylation is 1. The van der Waals surface area contributed by atoms with E-state index in [1.165, 1.54) is 22.3 Å². The van der Waals surface area contributed by atoms with Crippen LogP contribution in [0.1, 0.15) is 28.2 Å². The van der Waals surface area contributed by atoms with Crippen LogP contribution in [0.2, 0.25) is 0 Å². The highest BCUT2D eigenvalue weighted by atomic mass is 16.5. The summed E-state index contributed by atoms with van der Waals surface area (Å²) in [4.78, 5) is 0. The molecule has 1 aliphatic heterocycles. The third-order valence-electron chi connectivity index (χ3n) is 4.06. The van der Waals surface area contributed by atoms with E-state index in [1.54, 1.807) is 0 Å². The molecule has 1 aliphatic rings. The van der Waals surface area contributed by atoms with Gasteiger partial charge in [-0.25, -0.2) is 0 Å². The zero-order valence-electron chi connectivity index (χ0n) is 11.9. The molecule has 0 radical (unpaired) electrons. The number of para-hydroxylation sites is 1. The highest BCUT2D eigenvalue weighted by molar-refractivity contribution is 5.58. The van der Waals surface area contributed by atoms with Gasteiger partial charge in [-0.1, -0.05) is 66.2 Å². The van der Waals surface area contributed by atoms with E-state index >= 15 is 0 Å². The summed E-state index contributed by atoms with van der Waals surface area (Å²) in [6.07, 6.45) is 0. The van der Waals surface area contributed by atoms with Crippen molar-refractivity contribution in [3.63, 3.8) is 0 Å². The monoisotopic (exact) mass is 272 g/mol. The summed E-state index contributed by atoms with van der Waals surface area (Å²) in [7, 11) is 0. The van der Waals surface area contributed by atoms with E-state index in [2.05, 4.69) is 67.6 Å². The summed E-state index contributed by atoms with van der Waals surface area (Å²) < 4.78 is 6.08. The van der Waals surface area contributed by atoms with Crippen LogP contribution in [0.3, 0.4) is 0 Å². The van der Waals surface area contributed by atoms with E-state index < -0.39 is 0 Å². The highest BCUT2D eigenvalue weighted by Crippen LogP contribution is 2.47. The third-order valence-corrected chi connectivity index (χ3v) is 4.06. The highest BCUT2D eigenvalue weighted by Gasteiger charge is 2.28. The van der Waals surface area contributed by atoms with Gasteiger partial charge < -0.3 is 4.74 Å². The molecular formula is C20H16O. The molecule has 0 saturated carbocycles. The van der Waals surface area contributed by atoms with Crippen LogP contribution in [0.5, 0.6) is 11.5 Å². The van der Waals surface area contributed by atoms with E-state index in [0.29, 0.717) is 0 Å². The van der Waals surface area contributed by atoms with Crippen molar-refractivity contribution in [1.29, 1.82) is 0 Å². The van der Waals surface area contributed by atoms with Gasteiger partial charge in [-0.3, -0.25) is 0 Å². The molecule has 1 atom stereocenters. The lowest BCUT2D eigenvalue weighted by Gasteiger charge is -2.29. The Morgan fingerprint density at radius 2 is 1.43 bits per heavy atom. The molecule has 0 N–H and O–H groups in total. The standard InChI is InChI=1S/C20H16O/c1-14-11-12-19-17(13-14)20(15-7-3-2-4-8-15)16-9-5-6-10-18(16)21-19/h2-13,20H,1H3/t20-/m0/s1. The molecule has 0 fully saturated rings. The molecular weight excluding hydrogens is 256 g/mol. The SMILES string of the molecule is Cc1ccc2c(c1)[C@@H](c1ccccc1)c1ccccc1O2. The molecule has 21 heavy (non-hydrogen) atoms. The van der Waals surface area contributed by atoms with E-state index in [4.69, 9.17) is 4.74 Å². The minimum absolute atomic E-state index is 0.242. The molecule has 102 valence electrons. The van der Waals surface area contributed by atoms with Crippen LogP contribution in [0.15, 0.2) is 72.8 Å². The molecule has 0 spiro atoms. The van der Waals surface area contributed by atoms with Gasteiger partial charge in [-0.15, -0.1) is 0 Å². The maximum Gasteiger partial charge on any atom is 0.131 e. The van der Waals surface area contributed by atoms with Gasteiger partial charge >= 0.3 is 0 Å². The van der Waals surface area contributed by atoms with Gasteiger partial charge in [-0.05, 0) is 24.6 Å². The van der Waals surface area contributed by atoms with Gasteiger partial charge in [0.2, 0.25) is 0 Å². The molecule has 0 unspecified atom stereocenters. The van der Waals surface area contributed by atoms with Gasteiger partial charge in [0.15, 0.2) is 0 Å². The molecule has 1 heteroatoms.